The van der Waals surface area contributed by atoms with Gasteiger partial charge in [-0.2, -0.15) is 0 Å². The minimum absolute atomic E-state index is 0.00515. The van der Waals surface area contributed by atoms with Gasteiger partial charge in [-0.05, 0) is 25.1 Å². The summed E-state index contributed by atoms with van der Waals surface area (Å²) in [5, 5.41) is 9.73. The number of halogens is 1. The lowest BCUT2D eigenvalue weighted by Gasteiger charge is -2.37. The zero-order valence-electron chi connectivity index (χ0n) is 17.4. The third-order valence-electron chi connectivity index (χ3n) is 6.30. The number of benzene rings is 2. The fraction of sp³-hybridized carbons (Fsp3) is 0.435. The maximum atomic E-state index is 13.6. The number of alkyl halides is 1. The third kappa shape index (κ3) is 3.14. The number of methoxy groups -OCH3 is 2. The van der Waals surface area contributed by atoms with Crippen molar-refractivity contribution in [1.82, 2.24) is 0 Å². The summed E-state index contributed by atoms with van der Waals surface area (Å²) in [5.41, 5.74) is 2.16. The second-order valence-electron chi connectivity index (χ2n) is 8.22. The van der Waals surface area contributed by atoms with Crippen LogP contribution in [-0.2, 0) is 6.42 Å². The Hall–Kier alpha value is -2.20. The number of carbonyl (C=O) groups is 1. The number of rotatable bonds is 4. The predicted molar refractivity (Wildman–Crippen MR) is 121 cm³/mol. The van der Waals surface area contributed by atoms with Crippen molar-refractivity contribution in [3.05, 3.63) is 41.0 Å². The number of fused-ring (bicyclic) bond motifs is 6. The number of aliphatic hydroxyl groups is 1. The molecule has 0 aliphatic carbocycles. The van der Waals surface area contributed by atoms with Crippen molar-refractivity contribution in [2.24, 2.45) is 0 Å². The molecule has 0 bridgehead atoms. The van der Waals surface area contributed by atoms with Gasteiger partial charge in [0.1, 0.15) is 36.1 Å². The van der Waals surface area contributed by atoms with E-state index in [-0.39, 0.29) is 25.1 Å². The van der Waals surface area contributed by atoms with Crippen LogP contribution in [-0.4, -0.2) is 54.0 Å². The Labute approximate surface area is 193 Å². The lowest BCUT2D eigenvalue weighted by molar-refractivity contribution is 0.0554. The van der Waals surface area contributed by atoms with Gasteiger partial charge in [-0.1, -0.05) is 22.6 Å². The van der Waals surface area contributed by atoms with Crippen molar-refractivity contribution in [2.75, 3.05) is 27.4 Å². The van der Waals surface area contributed by atoms with Gasteiger partial charge in [-0.3, -0.25) is 4.79 Å². The zero-order chi connectivity index (χ0) is 21.9. The highest BCUT2D eigenvalue weighted by molar-refractivity contribution is 14.1. The van der Waals surface area contributed by atoms with Crippen molar-refractivity contribution in [3.63, 3.8) is 0 Å². The van der Waals surface area contributed by atoms with Crippen LogP contribution in [0.25, 0.3) is 0 Å². The normalized spacial score (nSPS) is 24.9. The van der Waals surface area contributed by atoms with E-state index in [1.54, 1.807) is 32.4 Å². The molecule has 0 saturated heterocycles. The zero-order valence-corrected chi connectivity index (χ0v) is 19.6. The van der Waals surface area contributed by atoms with Crippen molar-refractivity contribution < 1.29 is 33.6 Å². The van der Waals surface area contributed by atoms with E-state index >= 15 is 0 Å². The summed E-state index contributed by atoms with van der Waals surface area (Å²) in [6.45, 7) is 2.20. The summed E-state index contributed by atoms with van der Waals surface area (Å²) in [6, 6.07) is 7.15. The number of aliphatic hydroxyl groups excluding tert-OH is 1. The van der Waals surface area contributed by atoms with E-state index in [2.05, 4.69) is 22.6 Å². The van der Waals surface area contributed by atoms with E-state index in [4.69, 9.17) is 23.7 Å². The Balaban J connectivity index is 1.55. The van der Waals surface area contributed by atoms with Crippen LogP contribution in [0, 0.1) is 0 Å². The number of hydrogen-bond acceptors (Lipinski definition) is 7. The molecule has 0 unspecified atom stereocenters. The predicted octanol–water partition coefficient (Wildman–Crippen LogP) is 3.31. The quantitative estimate of drug-likeness (QED) is 0.476. The molecule has 7 nitrogen and oxygen atoms in total. The van der Waals surface area contributed by atoms with Crippen molar-refractivity contribution in [2.45, 2.75) is 34.9 Å². The lowest BCUT2D eigenvalue weighted by Crippen LogP contribution is -2.43. The van der Waals surface area contributed by atoms with E-state index in [1.165, 1.54) is 0 Å². The van der Waals surface area contributed by atoms with Crippen LogP contribution in [0.1, 0.15) is 34.3 Å². The van der Waals surface area contributed by atoms with E-state index < -0.39 is 15.4 Å². The van der Waals surface area contributed by atoms with Crippen molar-refractivity contribution >= 4 is 28.4 Å². The van der Waals surface area contributed by atoms with Crippen molar-refractivity contribution in [3.8, 4) is 28.7 Å². The first-order valence-corrected chi connectivity index (χ1v) is 11.2. The average Bonchev–Trinajstić information content (AvgIpc) is 3.23. The molecule has 0 amide bonds. The van der Waals surface area contributed by atoms with E-state index in [9.17, 15) is 9.90 Å². The second-order valence-corrected chi connectivity index (χ2v) is 10.7. The molecule has 2 aromatic rings. The number of hydrogen-bond donors (Lipinski definition) is 1. The highest BCUT2D eigenvalue weighted by Crippen LogP contribution is 2.50. The third-order valence-corrected chi connectivity index (χ3v) is 7.34. The molecule has 0 saturated carbocycles. The van der Waals surface area contributed by atoms with Crippen LogP contribution in [0.15, 0.2) is 24.3 Å². The standard InChI is InChI=1S/C23H23IO7/c1-23(24,10-25)19-7-13-14(30-19)5-4-11-21(26)20-12-6-16(27-2)17(28-3)8-15(12)29-9-18(20)31-22(11)13/h4-6,8,18-20,25H,7,9-10H2,1-3H3/t18-,19-,20+,23-/m1/s1/i24-4. The smallest absolute Gasteiger partial charge is 0.178 e. The van der Waals surface area contributed by atoms with Gasteiger partial charge >= 0.3 is 0 Å². The summed E-state index contributed by atoms with van der Waals surface area (Å²) in [5.74, 6) is 2.48. The summed E-state index contributed by atoms with van der Waals surface area (Å²) < 4.78 is 28.8. The Kier molecular flexibility index (Phi) is 4.97. The minimum Gasteiger partial charge on any atom is -0.493 e. The average molecular weight is 534 g/mol. The Morgan fingerprint density at radius 3 is 2.61 bits per heavy atom. The van der Waals surface area contributed by atoms with E-state index in [1.807, 2.05) is 13.0 Å². The van der Waals surface area contributed by atoms with Gasteiger partial charge in [0, 0.05) is 23.6 Å². The SMILES string of the molecule is COc1cc2c(cc1OC)[C@@H]1C(=O)c3ccc4c(c3O[C@@H]1CO2)C[C@H]([C@](C)([123I])CO)O4. The molecule has 164 valence electrons. The molecule has 4 atom stereocenters. The van der Waals surface area contributed by atoms with Gasteiger partial charge in [0.2, 0.25) is 0 Å². The maximum absolute atomic E-state index is 13.6. The van der Waals surface area contributed by atoms with Gasteiger partial charge in [-0.25, -0.2) is 0 Å². The molecule has 5 rings (SSSR count). The molecule has 2 aromatic carbocycles. The second kappa shape index (κ2) is 7.44. The summed E-state index contributed by atoms with van der Waals surface area (Å²) in [7, 11) is 3.13. The van der Waals surface area contributed by atoms with E-state index in [0.717, 1.165) is 11.1 Å². The van der Waals surface area contributed by atoms with Crippen LogP contribution in [0.5, 0.6) is 28.7 Å². The molecule has 1 N–H and O–H groups in total. The molecule has 3 heterocycles. The first kappa shape index (κ1) is 20.7. The highest BCUT2D eigenvalue weighted by Gasteiger charge is 2.47. The van der Waals surface area contributed by atoms with Crippen LogP contribution < -0.4 is 23.7 Å². The summed E-state index contributed by atoms with van der Waals surface area (Å²) >= 11 is 2.22. The number of carbonyl (C=O) groups excluding carboxylic acids is 1. The molecule has 0 fully saturated rings. The maximum Gasteiger partial charge on any atom is 0.178 e. The minimum atomic E-state index is -0.487. The molecular weight excluding hydrogens is 511 g/mol. The van der Waals surface area contributed by atoms with Crippen molar-refractivity contribution in [1.29, 1.82) is 0 Å². The molecule has 0 aromatic heterocycles. The molecule has 0 spiro atoms. The van der Waals surface area contributed by atoms with Gasteiger partial charge < -0.3 is 28.8 Å². The molecule has 8 heteroatoms. The monoisotopic (exact) mass is 534 g/mol. The molecule has 3 aliphatic rings. The molecule has 31 heavy (non-hydrogen) atoms. The Morgan fingerprint density at radius 1 is 1.16 bits per heavy atom. The summed E-state index contributed by atoms with van der Waals surface area (Å²) in [4.78, 5) is 13.6. The van der Waals surface area contributed by atoms with Gasteiger partial charge in [-0.15, -0.1) is 0 Å². The van der Waals surface area contributed by atoms with Crippen LogP contribution in [0.3, 0.4) is 0 Å². The topological polar surface area (TPSA) is 83.5 Å². The first-order valence-electron chi connectivity index (χ1n) is 10.1. The molecular formula is C23H23IO7. The van der Waals surface area contributed by atoms with Crippen LogP contribution in [0.4, 0.5) is 0 Å². The van der Waals surface area contributed by atoms with Gasteiger partial charge in [0.25, 0.3) is 0 Å². The van der Waals surface area contributed by atoms with Crippen LogP contribution in [0.2, 0.25) is 0 Å². The Bertz CT molecular complexity index is 1060. The van der Waals surface area contributed by atoms with Crippen LogP contribution >= 0.6 is 22.6 Å². The Morgan fingerprint density at radius 2 is 1.90 bits per heavy atom. The van der Waals surface area contributed by atoms with E-state index in [0.29, 0.717) is 40.7 Å². The highest BCUT2D eigenvalue weighted by atomic mass is 123. The van der Waals surface area contributed by atoms with Gasteiger partial charge in [0.15, 0.2) is 17.3 Å². The molecule has 3 aliphatic heterocycles. The lowest BCUT2D eigenvalue weighted by atomic mass is 9.81. The molecule has 0 radical (unpaired) electrons. The number of ether oxygens (including phenoxy) is 5. The fourth-order valence-electron chi connectivity index (χ4n) is 4.50. The summed E-state index contributed by atoms with van der Waals surface area (Å²) in [6.07, 6.45) is -0.0675. The fourth-order valence-corrected chi connectivity index (χ4v) is 4.85. The number of Topliss-reactive ketones (excluding diaryl/α,β-unsaturated/α-hetero) is 1. The largest absolute Gasteiger partial charge is 0.493 e. The number of ketones is 1. The van der Waals surface area contributed by atoms with Gasteiger partial charge in [0.05, 0.1) is 35.7 Å². The first-order chi connectivity index (χ1) is 14.9.